The van der Waals surface area contributed by atoms with Crippen LogP contribution in [0.5, 0.6) is 5.75 Å². The highest BCUT2D eigenvalue weighted by atomic mass is 16.5. The fraction of sp³-hybridized carbons (Fsp3) is 0.500. The van der Waals surface area contributed by atoms with Crippen LogP contribution >= 0.6 is 0 Å². The summed E-state index contributed by atoms with van der Waals surface area (Å²) < 4.78 is 5.28. The molecule has 5 heteroatoms. The van der Waals surface area contributed by atoms with Crippen LogP contribution in [-0.4, -0.2) is 23.8 Å². The van der Waals surface area contributed by atoms with E-state index in [0.29, 0.717) is 11.4 Å². The number of rotatable bonds is 4. The Morgan fingerprint density at radius 1 is 1.38 bits per heavy atom. The highest BCUT2D eigenvalue weighted by Gasteiger charge is 2.49. The molecule has 1 heterocycles. The number of likely N-dealkylation sites (tertiary alicyclic amines) is 1. The molecule has 0 aromatic heterocycles. The highest BCUT2D eigenvalue weighted by Crippen LogP contribution is 2.40. The zero-order valence-corrected chi connectivity index (χ0v) is 13.0. The van der Waals surface area contributed by atoms with Crippen molar-refractivity contribution in [3.05, 3.63) is 23.8 Å². The van der Waals surface area contributed by atoms with Gasteiger partial charge in [0.25, 0.3) is 0 Å². The Kier molecular flexibility index (Phi) is 3.94. The van der Waals surface area contributed by atoms with Gasteiger partial charge in [0.05, 0.1) is 19.1 Å². The van der Waals surface area contributed by atoms with Gasteiger partial charge < -0.3 is 10.5 Å². The van der Waals surface area contributed by atoms with Crippen LogP contribution in [0.1, 0.15) is 32.8 Å². The molecular formula is C16H22N2O3. The Morgan fingerprint density at radius 2 is 2.05 bits per heavy atom. The molecule has 2 rings (SSSR count). The number of anilines is 1. The maximum Gasteiger partial charge on any atom is 0.236 e. The van der Waals surface area contributed by atoms with Crippen LogP contribution in [0.3, 0.4) is 0 Å². The topological polar surface area (TPSA) is 72.6 Å². The lowest BCUT2D eigenvalue weighted by Crippen LogP contribution is -2.36. The second-order valence-corrected chi connectivity index (χ2v) is 6.11. The first-order valence-electron chi connectivity index (χ1n) is 7.06. The fourth-order valence-corrected chi connectivity index (χ4v) is 2.61. The lowest BCUT2D eigenvalue weighted by Gasteiger charge is -2.26. The van der Waals surface area contributed by atoms with Gasteiger partial charge in [-0.15, -0.1) is 0 Å². The van der Waals surface area contributed by atoms with Gasteiger partial charge in [-0.3, -0.25) is 14.5 Å². The zero-order chi connectivity index (χ0) is 15.8. The number of benzene rings is 1. The molecule has 0 aliphatic carbocycles. The molecule has 2 amide bonds. The Bertz CT molecular complexity index is 583. The summed E-state index contributed by atoms with van der Waals surface area (Å²) in [6.45, 7) is 5.99. The molecule has 1 fully saturated rings. The predicted molar refractivity (Wildman–Crippen MR) is 80.5 cm³/mol. The Morgan fingerprint density at radius 3 is 2.57 bits per heavy atom. The van der Waals surface area contributed by atoms with E-state index in [-0.39, 0.29) is 30.7 Å². The van der Waals surface area contributed by atoms with Gasteiger partial charge in [0.15, 0.2) is 0 Å². The monoisotopic (exact) mass is 290 g/mol. The number of ether oxygens (including phenoxy) is 1. The molecule has 0 bridgehead atoms. The van der Waals surface area contributed by atoms with Crippen LogP contribution in [0.25, 0.3) is 0 Å². The summed E-state index contributed by atoms with van der Waals surface area (Å²) in [5.74, 6) is 0.484. The molecule has 1 atom stereocenters. The molecule has 5 nitrogen and oxygen atoms in total. The van der Waals surface area contributed by atoms with E-state index in [4.69, 9.17) is 10.5 Å². The molecule has 1 unspecified atom stereocenters. The van der Waals surface area contributed by atoms with Crippen molar-refractivity contribution >= 4 is 17.5 Å². The molecule has 0 spiro atoms. The minimum absolute atomic E-state index is 0.113. The number of hydrogen-bond donors (Lipinski definition) is 1. The Labute approximate surface area is 125 Å². The summed E-state index contributed by atoms with van der Waals surface area (Å²) >= 11 is 0. The minimum atomic E-state index is -0.620. The normalized spacial score (nSPS) is 22.2. The SMILES string of the molecule is COc1ccc(N)cc1CN1C(=O)CC(C)(C(C)C)C1=O. The molecule has 21 heavy (non-hydrogen) atoms. The van der Waals surface area contributed by atoms with E-state index in [1.165, 1.54) is 4.90 Å². The predicted octanol–water partition coefficient (Wildman–Crippen LogP) is 2.20. The summed E-state index contributed by atoms with van der Waals surface area (Å²) in [5, 5.41) is 0. The van der Waals surface area contributed by atoms with E-state index in [1.807, 2.05) is 20.8 Å². The van der Waals surface area contributed by atoms with Crippen LogP contribution < -0.4 is 10.5 Å². The van der Waals surface area contributed by atoms with Gasteiger partial charge in [0.1, 0.15) is 5.75 Å². The van der Waals surface area contributed by atoms with Gasteiger partial charge in [-0.2, -0.15) is 0 Å². The standard InChI is InChI=1S/C16H22N2O3/c1-10(2)16(3)8-14(19)18(15(16)20)9-11-7-12(17)5-6-13(11)21-4/h5-7,10H,8-9,17H2,1-4H3. The molecule has 2 N–H and O–H groups in total. The zero-order valence-electron chi connectivity index (χ0n) is 13.0. The van der Waals surface area contributed by atoms with Crippen LogP contribution in [0.4, 0.5) is 5.69 Å². The third-order valence-electron chi connectivity index (χ3n) is 4.46. The van der Waals surface area contributed by atoms with Crippen molar-refractivity contribution in [1.29, 1.82) is 0 Å². The number of nitrogens with two attached hydrogens (primary N) is 1. The second-order valence-electron chi connectivity index (χ2n) is 6.11. The van der Waals surface area contributed by atoms with Crippen molar-refractivity contribution in [1.82, 2.24) is 4.90 Å². The summed E-state index contributed by atoms with van der Waals surface area (Å²) in [7, 11) is 1.56. The first kappa shape index (κ1) is 15.4. The molecule has 1 aliphatic rings. The summed E-state index contributed by atoms with van der Waals surface area (Å²) in [5.41, 5.74) is 6.49. The van der Waals surface area contributed by atoms with Crippen LogP contribution in [0.2, 0.25) is 0 Å². The van der Waals surface area contributed by atoms with Gasteiger partial charge in [-0.25, -0.2) is 0 Å². The number of imide groups is 1. The van der Waals surface area contributed by atoms with Gasteiger partial charge in [0.2, 0.25) is 11.8 Å². The molecule has 1 aromatic rings. The largest absolute Gasteiger partial charge is 0.496 e. The Hall–Kier alpha value is -2.04. The van der Waals surface area contributed by atoms with Gasteiger partial charge >= 0.3 is 0 Å². The van der Waals surface area contributed by atoms with Crippen molar-refractivity contribution in [2.45, 2.75) is 33.7 Å². The molecule has 1 aliphatic heterocycles. The summed E-state index contributed by atoms with van der Waals surface area (Å²) in [6, 6.07) is 5.22. The van der Waals surface area contributed by atoms with E-state index in [2.05, 4.69) is 0 Å². The van der Waals surface area contributed by atoms with Crippen molar-refractivity contribution in [2.24, 2.45) is 11.3 Å². The van der Waals surface area contributed by atoms with E-state index in [1.54, 1.807) is 25.3 Å². The number of hydrogen-bond acceptors (Lipinski definition) is 4. The number of nitrogen functional groups attached to an aromatic ring is 1. The van der Waals surface area contributed by atoms with Crippen molar-refractivity contribution < 1.29 is 14.3 Å². The van der Waals surface area contributed by atoms with Gasteiger partial charge in [0, 0.05) is 17.7 Å². The van der Waals surface area contributed by atoms with Crippen molar-refractivity contribution in [2.75, 3.05) is 12.8 Å². The van der Waals surface area contributed by atoms with Crippen molar-refractivity contribution in [3.63, 3.8) is 0 Å². The van der Waals surface area contributed by atoms with Crippen molar-refractivity contribution in [3.8, 4) is 5.75 Å². The van der Waals surface area contributed by atoms with Gasteiger partial charge in [-0.1, -0.05) is 13.8 Å². The first-order valence-corrected chi connectivity index (χ1v) is 7.06. The summed E-state index contributed by atoms with van der Waals surface area (Å²) in [6.07, 6.45) is 0.258. The van der Waals surface area contributed by atoms with Crippen LogP contribution in [0, 0.1) is 11.3 Å². The molecular weight excluding hydrogens is 268 g/mol. The lowest BCUT2D eigenvalue weighted by molar-refractivity contribution is -0.142. The number of methoxy groups -OCH3 is 1. The molecule has 1 aromatic carbocycles. The first-order chi connectivity index (χ1) is 9.79. The van der Waals surface area contributed by atoms with E-state index < -0.39 is 5.41 Å². The van der Waals surface area contributed by atoms with E-state index >= 15 is 0 Å². The average Bonchev–Trinajstić information content (AvgIpc) is 2.64. The lowest BCUT2D eigenvalue weighted by atomic mass is 9.78. The maximum atomic E-state index is 12.6. The number of amides is 2. The Balaban J connectivity index is 2.30. The fourth-order valence-electron chi connectivity index (χ4n) is 2.61. The van der Waals surface area contributed by atoms with E-state index in [0.717, 1.165) is 5.56 Å². The third kappa shape index (κ3) is 2.60. The molecule has 0 saturated carbocycles. The maximum absolute atomic E-state index is 12.6. The quantitative estimate of drug-likeness (QED) is 0.681. The molecule has 1 saturated heterocycles. The average molecular weight is 290 g/mol. The second kappa shape index (κ2) is 5.39. The molecule has 0 radical (unpaired) electrons. The number of carbonyl (C=O) groups is 2. The minimum Gasteiger partial charge on any atom is -0.496 e. The van der Waals surface area contributed by atoms with Crippen LogP contribution in [-0.2, 0) is 16.1 Å². The van der Waals surface area contributed by atoms with E-state index in [9.17, 15) is 9.59 Å². The number of nitrogens with zero attached hydrogens (tertiary/aromatic N) is 1. The number of carbonyl (C=O) groups excluding carboxylic acids is 2. The molecule has 114 valence electrons. The highest BCUT2D eigenvalue weighted by molar-refractivity contribution is 6.05. The third-order valence-corrected chi connectivity index (χ3v) is 4.46. The summed E-state index contributed by atoms with van der Waals surface area (Å²) in [4.78, 5) is 26.1. The van der Waals surface area contributed by atoms with Gasteiger partial charge in [-0.05, 0) is 31.0 Å². The smallest absolute Gasteiger partial charge is 0.236 e. The van der Waals surface area contributed by atoms with Crippen LogP contribution in [0.15, 0.2) is 18.2 Å².